The van der Waals surface area contributed by atoms with Gasteiger partial charge in [-0.2, -0.15) is 0 Å². The molecule has 0 radical (unpaired) electrons. The van der Waals surface area contributed by atoms with Crippen molar-refractivity contribution >= 4 is 40.0 Å². The molecule has 0 aromatic rings. The lowest BCUT2D eigenvalue weighted by molar-refractivity contribution is 0.0564. The number of rotatable bonds is 0. The van der Waals surface area contributed by atoms with Crippen LogP contribution in [0.25, 0.3) is 0 Å². The van der Waals surface area contributed by atoms with E-state index in [0.717, 1.165) is 11.8 Å². The molecule has 100 valence electrons. The summed E-state index contributed by atoms with van der Waals surface area (Å²) in [7, 11) is 0. The summed E-state index contributed by atoms with van der Waals surface area (Å²) in [6.45, 7) is 5.32. The van der Waals surface area contributed by atoms with E-state index in [1.165, 1.54) is 11.8 Å². The summed E-state index contributed by atoms with van der Waals surface area (Å²) in [5.41, 5.74) is 4.33. The fourth-order valence-corrected chi connectivity index (χ4v) is 0.633. The maximum absolute atomic E-state index is 10.9. The van der Waals surface area contributed by atoms with Gasteiger partial charge in [0.25, 0.3) is 0 Å². The first-order valence-corrected chi connectivity index (χ1v) is 7.08. The number of carbonyl (C=O) groups is 1. The van der Waals surface area contributed by atoms with E-state index in [9.17, 15) is 4.79 Å². The highest BCUT2D eigenvalue weighted by atomic mass is 32.2. The van der Waals surface area contributed by atoms with Gasteiger partial charge >= 0.3 is 6.09 Å². The Morgan fingerprint density at radius 3 is 1.88 bits per heavy atom. The monoisotopic (exact) mass is 280 g/mol. The van der Waals surface area contributed by atoms with E-state index < -0.39 is 11.7 Å². The lowest BCUT2D eigenvalue weighted by Crippen LogP contribution is -2.34. The summed E-state index contributed by atoms with van der Waals surface area (Å²) in [4.78, 5) is 10.9. The summed E-state index contributed by atoms with van der Waals surface area (Å²) in [5, 5.41) is 16.1. The third-order valence-corrected chi connectivity index (χ3v) is 1.99. The normalized spacial score (nSPS) is 9.71. The molecular formula is C9H20N4O2S2. The van der Waals surface area contributed by atoms with Crippen molar-refractivity contribution in [1.82, 2.24) is 5.32 Å². The van der Waals surface area contributed by atoms with Crippen LogP contribution in [0.1, 0.15) is 20.8 Å². The minimum atomic E-state index is -0.582. The van der Waals surface area contributed by atoms with Gasteiger partial charge in [0.05, 0.1) is 0 Å². The van der Waals surface area contributed by atoms with Crippen LogP contribution in [0.2, 0.25) is 0 Å². The maximum atomic E-state index is 10.9. The summed E-state index contributed by atoms with van der Waals surface area (Å²) >= 11 is 2.39. The Kier molecular flexibility index (Phi) is 9.97. The van der Waals surface area contributed by atoms with E-state index in [1.54, 1.807) is 33.3 Å². The molecule has 17 heavy (non-hydrogen) atoms. The number of hydrogen-bond donors (Lipinski definition) is 4. The standard InChI is InChI=1S/C7H14N2O2S.C2H6N2S/c1-7(2,3)11-6(10)9-5(8)12-4;1-5-2(3)4/h1-4H3,(H2,8,9,10);1H3,(H3,3,4). The van der Waals surface area contributed by atoms with Gasteiger partial charge in [-0.25, -0.2) is 4.79 Å². The molecule has 5 N–H and O–H groups in total. The van der Waals surface area contributed by atoms with Crippen molar-refractivity contribution in [3.63, 3.8) is 0 Å². The first-order chi connectivity index (χ1) is 7.62. The number of alkyl carbamates (subject to hydrolysis) is 1. The van der Waals surface area contributed by atoms with E-state index in [0.29, 0.717) is 0 Å². The molecule has 8 heteroatoms. The van der Waals surface area contributed by atoms with Crippen molar-refractivity contribution in [2.75, 3.05) is 12.5 Å². The van der Waals surface area contributed by atoms with Gasteiger partial charge in [-0.1, -0.05) is 23.5 Å². The smallest absolute Gasteiger partial charge is 0.413 e. The minimum absolute atomic E-state index is 0.0873. The van der Waals surface area contributed by atoms with Gasteiger partial charge in [0.1, 0.15) is 5.60 Å². The van der Waals surface area contributed by atoms with E-state index >= 15 is 0 Å². The van der Waals surface area contributed by atoms with Crippen molar-refractivity contribution < 1.29 is 9.53 Å². The highest BCUT2D eigenvalue weighted by molar-refractivity contribution is 8.13. The van der Waals surface area contributed by atoms with Crippen molar-refractivity contribution in [3.05, 3.63) is 0 Å². The molecule has 0 aromatic heterocycles. The van der Waals surface area contributed by atoms with Crippen LogP contribution in [-0.4, -0.2) is 34.5 Å². The summed E-state index contributed by atoms with van der Waals surface area (Å²) < 4.78 is 4.91. The topological polar surface area (TPSA) is 112 Å². The third-order valence-electron chi connectivity index (χ3n) is 1.04. The zero-order chi connectivity index (χ0) is 14.1. The zero-order valence-corrected chi connectivity index (χ0v) is 12.3. The largest absolute Gasteiger partial charge is 0.444 e. The Balaban J connectivity index is 0. The first kappa shape index (κ1) is 18.5. The molecule has 0 bridgehead atoms. The van der Waals surface area contributed by atoms with Gasteiger partial charge in [0, 0.05) is 0 Å². The number of amides is 1. The van der Waals surface area contributed by atoms with E-state index in [4.69, 9.17) is 21.3 Å². The van der Waals surface area contributed by atoms with Gasteiger partial charge in [-0.15, -0.1) is 0 Å². The van der Waals surface area contributed by atoms with Crippen LogP contribution in [0.3, 0.4) is 0 Å². The number of thioether (sulfide) groups is 2. The average molecular weight is 280 g/mol. The van der Waals surface area contributed by atoms with Crippen molar-refractivity contribution in [2.45, 2.75) is 26.4 Å². The van der Waals surface area contributed by atoms with Crippen LogP contribution < -0.4 is 11.1 Å². The Morgan fingerprint density at radius 1 is 1.24 bits per heavy atom. The fourth-order valence-electron chi connectivity index (χ4n) is 0.447. The summed E-state index contributed by atoms with van der Waals surface area (Å²) in [6, 6.07) is 0. The molecule has 1 amide bonds. The molecule has 0 atom stereocenters. The number of ether oxygens (including phenoxy) is 1. The molecule has 0 aliphatic carbocycles. The molecule has 0 unspecified atom stereocenters. The van der Waals surface area contributed by atoms with Crippen LogP contribution in [0.5, 0.6) is 0 Å². The quantitative estimate of drug-likeness (QED) is 0.401. The van der Waals surface area contributed by atoms with Crippen LogP contribution in [0, 0.1) is 10.8 Å². The number of carbonyl (C=O) groups excluding carboxylic acids is 1. The maximum Gasteiger partial charge on any atom is 0.413 e. The summed E-state index contributed by atoms with van der Waals surface area (Å²) in [6.07, 6.45) is 2.89. The Bertz CT molecular complexity index is 277. The van der Waals surface area contributed by atoms with Crippen molar-refractivity contribution in [2.24, 2.45) is 5.73 Å². The molecule has 0 fully saturated rings. The summed E-state index contributed by atoms with van der Waals surface area (Å²) in [5.74, 6) is 0. The van der Waals surface area contributed by atoms with Gasteiger partial charge in [0.2, 0.25) is 0 Å². The lowest BCUT2D eigenvalue weighted by Gasteiger charge is -2.19. The average Bonchev–Trinajstić information content (AvgIpc) is 2.15. The molecule has 0 aromatic carbocycles. The van der Waals surface area contributed by atoms with Gasteiger partial charge < -0.3 is 10.5 Å². The molecule has 0 rings (SSSR count). The third kappa shape index (κ3) is 17.7. The second-order valence-electron chi connectivity index (χ2n) is 3.73. The van der Waals surface area contributed by atoms with Gasteiger partial charge in [0.15, 0.2) is 10.3 Å². The van der Waals surface area contributed by atoms with Crippen LogP contribution in [-0.2, 0) is 4.74 Å². The minimum Gasteiger partial charge on any atom is -0.444 e. The van der Waals surface area contributed by atoms with Crippen LogP contribution in [0.4, 0.5) is 4.79 Å². The van der Waals surface area contributed by atoms with Gasteiger partial charge in [-0.3, -0.25) is 16.1 Å². The molecule has 0 saturated heterocycles. The molecule has 0 aliphatic heterocycles. The highest BCUT2D eigenvalue weighted by Crippen LogP contribution is 2.06. The molecule has 0 aliphatic rings. The van der Waals surface area contributed by atoms with Crippen LogP contribution >= 0.6 is 23.5 Å². The lowest BCUT2D eigenvalue weighted by atomic mass is 10.2. The SMILES string of the molecule is CSC(=N)N.CSC(=N)NC(=O)OC(C)(C)C. The van der Waals surface area contributed by atoms with E-state index in [-0.39, 0.29) is 10.3 Å². The second-order valence-corrected chi connectivity index (χ2v) is 5.39. The zero-order valence-electron chi connectivity index (χ0n) is 10.7. The Hall–Kier alpha value is -0.890. The number of amidine groups is 2. The number of hydrogen-bond acceptors (Lipinski definition) is 6. The first-order valence-electron chi connectivity index (χ1n) is 4.63. The number of nitrogens with one attached hydrogen (secondary N) is 3. The predicted octanol–water partition coefficient (Wildman–Crippen LogP) is 2.05. The van der Waals surface area contributed by atoms with Crippen LogP contribution in [0.15, 0.2) is 0 Å². The molecule has 0 heterocycles. The molecular weight excluding hydrogens is 260 g/mol. The Labute approximate surface area is 110 Å². The Morgan fingerprint density at radius 2 is 1.65 bits per heavy atom. The molecule has 6 nitrogen and oxygen atoms in total. The number of nitrogens with two attached hydrogens (primary N) is 1. The van der Waals surface area contributed by atoms with E-state index in [1.807, 2.05) is 0 Å². The molecule has 0 spiro atoms. The van der Waals surface area contributed by atoms with Crippen molar-refractivity contribution in [3.8, 4) is 0 Å². The van der Waals surface area contributed by atoms with Gasteiger partial charge in [-0.05, 0) is 33.3 Å². The predicted molar refractivity (Wildman–Crippen MR) is 76.0 cm³/mol. The highest BCUT2D eigenvalue weighted by Gasteiger charge is 2.16. The van der Waals surface area contributed by atoms with E-state index in [2.05, 4.69) is 5.32 Å². The van der Waals surface area contributed by atoms with Crippen molar-refractivity contribution in [1.29, 1.82) is 10.8 Å². The fraction of sp³-hybridized carbons (Fsp3) is 0.667. The second kappa shape index (κ2) is 9.17. The molecule has 0 saturated carbocycles.